The second-order valence-electron chi connectivity index (χ2n) is 10.1. The van der Waals surface area contributed by atoms with Crippen molar-refractivity contribution in [2.24, 2.45) is 7.05 Å². The number of rotatable bonds is 5. The predicted molar refractivity (Wildman–Crippen MR) is 132 cm³/mol. The van der Waals surface area contributed by atoms with E-state index in [9.17, 15) is 4.79 Å². The SMILES string of the molecule is Cn1ccc(Nc2ncnc(-c3ccc4c(c3F)CCCC[C@H]4NC(=O)c3noc(C(C)(C)C)n3)n2)n1. The van der Waals surface area contributed by atoms with Crippen molar-refractivity contribution in [1.29, 1.82) is 0 Å². The van der Waals surface area contributed by atoms with Gasteiger partial charge in [-0.2, -0.15) is 15.1 Å². The summed E-state index contributed by atoms with van der Waals surface area (Å²) < 4.78 is 22.8. The lowest BCUT2D eigenvalue weighted by Gasteiger charge is -2.20. The minimum atomic E-state index is -0.454. The molecule has 37 heavy (non-hydrogen) atoms. The van der Waals surface area contributed by atoms with E-state index < -0.39 is 11.7 Å². The maximum absolute atomic E-state index is 15.9. The average Bonchev–Trinajstić information content (AvgIpc) is 3.46. The van der Waals surface area contributed by atoms with Gasteiger partial charge in [-0.1, -0.05) is 38.4 Å². The van der Waals surface area contributed by atoms with Gasteiger partial charge in [0.15, 0.2) is 11.6 Å². The van der Waals surface area contributed by atoms with Gasteiger partial charge in [-0.25, -0.2) is 14.4 Å². The third-order valence-electron chi connectivity index (χ3n) is 6.17. The summed E-state index contributed by atoms with van der Waals surface area (Å²) in [6.07, 6.45) is 5.96. The summed E-state index contributed by atoms with van der Waals surface area (Å²) >= 11 is 0. The van der Waals surface area contributed by atoms with Crippen LogP contribution < -0.4 is 10.6 Å². The average molecular weight is 506 g/mol. The molecular weight excluding hydrogens is 477 g/mol. The number of hydrogen-bond acceptors (Lipinski definition) is 9. The van der Waals surface area contributed by atoms with Crippen LogP contribution in [0.3, 0.4) is 0 Å². The second-order valence-corrected chi connectivity index (χ2v) is 10.1. The van der Waals surface area contributed by atoms with Crippen molar-refractivity contribution >= 4 is 17.7 Å². The number of carbonyl (C=O) groups is 1. The van der Waals surface area contributed by atoms with E-state index in [0.717, 1.165) is 18.4 Å². The van der Waals surface area contributed by atoms with Crippen LogP contribution >= 0.6 is 0 Å². The predicted octanol–water partition coefficient (Wildman–Crippen LogP) is 4.03. The summed E-state index contributed by atoms with van der Waals surface area (Å²) in [6, 6.07) is 4.87. The van der Waals surface area contributed by atoms with Crippen molar-refractivity contribution in [3.8, 4) is 11.4 Å². The summed E-state index contributed by atoms with van der Waals surface area (Å²) in [6.45, 7) is 5.77. The van der Waals surface area contributed by atoms with Crippen LogP contribution in [0, 0.1) is 5.82 Å². The molecule has 0 aliphatic heterocycles. The molecule has 12 heteroatoms. The molecular formula is C25H28FN9O2. The smallest absolute Gasteiger partial charge is 0.293 e. The number of hydrogen-bond donors (Lipinski definition) is 2. The zero-order valence-corrected chi connectivity index (χ0v) is 21.1. The van der Waals surface area contributed by atoms with E-state index in [0.29, 0.717) is 30.1 Å². The molecule has 11 nitrogen and oxygen atoms in total. The van der Waals surface area contributed by atoms with Gasteiger partial charge in [0.05, 0.1) is 11.6 Å². The zero-order chi connectivity index (χ0) is 26.2. The van der Waals surface area contributed by atoms with Crippen molar-refractivity contribution in [1.82, 2.24) is 40.2 Å². The van der Waals surface area contributed by atoms with Crippen molar-refractivity contribution < 1.29 is 13.7 Å². The Morgan fingerprint density at radius 2 is 2.00 bits per heavy atom. The number of halogens is 1. The summed E-state index contributed by atoms with van der Waals surface area (Å²) in [5.41, 5.74) is 1.17. The molecule has 0 fully saturated rings. The quantitative estimate of drug-likeness (QED) is 0.385. The van der Waals surface area contributed by atoms with Gasteiger partial charge in [0.1, 0.15) is 12.1 Å². The molecule has 1 amide bonds. The molecule has 2 N–H and O–H groups in total. The van der Waals surface area contributed by atoms with Crippen molar-refractivity contribution in [2.75, 3.05) is 5.32 Å². The maximum Gasteiger partial charge on any atom is 0.293 e. The molecule has 0 radical (unpaired) electrons. The molecule has 5 rings (SSSR count). The topological polar surface area (TPSA) is 137 Å². The molecule has 1 aliphatic rings. The van der Waals surface area contributed by atoms with Crippen LogP contribution in [0.25, 0.3) is 11.4 Å². The van der Waals surface area contributed by atoms with Crippen LogP contribution in [-0.4, -0.2) is 40.8 Å². The Labute approximate surface area is 212 Å². The molecule has 0 saturated carbocycles. The molecule has 0 saturated heterocycles. The van der Waals surface area contributed by atoms with E-state index in [4.69, 9.17) is 4.52 Å². The largest absolute Gasteiger partial charge is 0.342 e. The standard InChI is InChI=1S/C25H28FN9O2/c1-25(2,3)23-31-21(34-37-23)22(36)29-17-8-6-5-7-15-14(17)9-10-16(19(15)26)20-27-13-28-24(32-20)30-18-11-12-35(4)33-18/h9-13,17H,5-8H2,1-4H3,(H,29,36)(H,27,28,30,32,33)/t17-/m1/s1. The maximum atomic E-state index is 15.9. The van der Waals surface area contributed by atoms with Crippen LogP contribution in [0.2, 0.25) is 0 Å². The molecule has 0 spiro atoms. The van der Waals surface area contributed by atoms with E-state index in [2.05, 4.69) is 40.8 Å². The van der Waals surface area contributed by atoms with Gasteiger partial charge in [-0.3, -0.25) is 9.48 Å². The monoisotopic (exact) mass is 505 g/mol. The number of aromatic nitrogens is 7. The number of amides is 1. The first kappa shape index (κ1) is 24.5. The highest BCUT2D eigenvalue weighted by atomic mass is 19.1. The second kappa shape index (κ2) is 9.68. The van der Waals surface area contributed by atoms with Gasteiger partial charge in [0, 0.05) is 24.7 Å². The Bertz CT molecular complexity index is 1440. The summed E-state index contributed by atoms with van der Waals surface area (Å²) in [5, 5.41) is 14.0. The first-order valence-electron chi connectivity index (χ1n) is 12.1. The lowest BCUT2D eigenvalue weighted by molar-refractivity contribution is 0.0921. The van der Waals surface area contributed by atoms with E-state index in [1.807, 2.05) is 26.8 Å². The van der Waals surface area contributed by atoms with Crippen molar-refractivity contribution in [3.05, 3.63) is 59.4 Å². The van der Waals surface area contributed by atoms with Crippen molar-refractivity contribution in [3.63, 3.8) is 0 Å². The van der Waals surface area contributed by atoms with Gasteiger partial charge in [0.25, 0.3) is 11.7 Å². The van der Waals surface area contributed by atoms with Gasteiger partial charge in [-0.05, 0) is 36.5 Å². The normalized spacial score (nSPS) is 15.6. The highest BCUT2D eigenvalue weighted by Crippen LogP contribution is 2.34. The van der Waals surface area contributed by atoms with Crippen LogP contribution in [0.4, 0.5) is 16.2 Å². The number of benzene rings is 1. The lowest BCUT2D eigenvalue weighted by Crippen LogP contribution is -2.30. The van der Waals surface area contributed by atoms with Crippen LogP contribution in [0.1, 0.15) is 73.7 Å². The third kappa shape index (κ3) is 5.18. The van der Waals surface area contributed by atoms with Crippen LogP contribution in [0.5, 0.6) is 0 Å². The lowest BCUT2D eigenvalue weighted by atomic mass is 9.95. The first-order valence-corrected chi connectivity index (χ1v) is 12.1. The Morgan fingerprint density at radius 3 is 2.73 bits per heavy atom. The number of nitrogens with zero attached hydrogens (tertiary/aromatic N) is 7. The number of aryl methyl sites for hydroxylation is 1. The molecule has 0 bridgehead atoms. The number of nitrogens with one attached hydrogen (secondary N) is 2. The minimum absolute atomic E-state index is 0.0362. The highest BCUT2D eigenvalue weighted by Gasteiger charge is 2.28. The molecule has 3 heterocycles. The Kier molecular flexibility index (Phi) is 6.40. The fourth-order valence-electron chi connectivity index (χ4n) is 4.27. The third-order valence-corrected chi connectivity index (χ3v) is 6.17. The van der Waals surface area contributed by atoms with E-state index >= 15 is 4.39 Å². The molecule has 1 atom stereocenters. The molecule has 1 aromatic carbocycles. The Morgan fingerprint density at radius 1 is 1.16 bits per heavy atom. The molecule has 1 aliphatic carbocycles. The first-order chi connectivity index (χ1) is 17.7. The van der Waals surface area contributed by atoms with Gasteiger partial charge in [0.2, 0.25) is 11.8 Å². The number of carbonyl (C=O) groups excluding carboxylic acids is 1. The molecule has 192 valence electrons. The fraction of sp³-hybridized carbons (Fsp3) is 0.400. The van der Waals surface area contributed by atoms with E-state index in [1.165, 1.54) is 6.33 Å². The van der Waals surface area contributed by atoms with E-state index in [1.54, 1.807) is 30.1 Å². The number of anilines is 2. The zero-order valence-electron chi connectivity index (χ0n) is 21.1. The number of fused-ring (bicyclic) bond motifs is 1. The van der Waals surface area contributed by atoms with Gasteiger partial charge < -0.3 is 15.2 Å². The molecule has 0 unspecified atom stereocenters. The van der Waals surface area contributed by atoms with Crippen molar-refractivity contribution in [2.45, 2.75) is 57.9 Å². The highest BCUT2D eigenvalue weighted by molar-refractivity contribution is 5.90. The van der Waals surface area contributed by atoms with Gasteiger partial charge in [-0.15, -0.1) is 0 Å². The summed E-state index contributed by atoms with van der Waals surface area (Å²) in [7, 11) is 1.80. The van der Waals surface area contributed by atoms with Gasteiger partial charge >= 0.3 is 0 Å². The Hall–Kier alpha value is -4.22. The molecule has 3 aromatic heterocycles. The van der Waals surface area contributed by atoms with E-state index in [-0.39, 0.29) is 34.6 Å². The summed E-state index contributed by atoms with van der Waals surface area (Å²) in [4.78, 5) is 29.9. The minimum Gasteiger partial charge on any atom is -0.342 e. The Balaban J connectivity index is 1.41. The summed E-state index contributed by atoms with van der Waals surface area (Å²) in [5.74, 6) is 0.525. The van der Waals surface area contributed by atoms with Crippen LogP contribution in [0.15, 0.2) is 35.2 Å². The molecule has 4 aromatic rings. The van der Waals surface area contributed by atoms with Crippen LogP contribution in [-0.2, 0) is 18.9 Å². The fourth-order valence-corrected chi connectivity index (χ4v) is 4.27.